The van der Waals surface area contributed by atoms with Crippen molar-refractivity contribution in [2.45, 2.75) is 64.3 Å². The van der Waals surface area contributed by atoms with Crippen LogP contribution in [0.4, 0.5) is 39.5 Å². The minimum Gasteiger partial charge on any atom is -0.482 e. The van der Waals surface area contributed by atoms with E-state index in [1.165, 1.54) is 60.7 Å². The van der Waals surface area contributed by atoms with Crippen LogP contribution >= 0.6 is 10.3 Å². The van der Waals surface area contributed by atoms with Gasteiger partial charge in [-0.1, -0.05) is 36.4 Å². The van der Waals surface area contributed by atoms with Crippen LogP contribution in [0.25, 0.3) is 0 Å². The van der Waals surface area contributed by atoms with Gasteiger partial charge in [-0.05, 0) is 69.3 Å². The van der Waals surface area contributed by atoms with Crippen LogP contribution in [0.1, 0.15) is 20.8 Å². The van der Waals surface area contributed by atoms with Crippen molar-refractivity contribution in [2.75, 3.05) is 6.61 Å². The highest BCUT2D eigenvalue weighted by Crippen LogP contribution is 2.69. The van der Waals surface area contributed by atoms with Gasteiger partial charge in [-0.15, -0.1) is 8.42 Å². The van der Waals surface area contributed by atoms with Crippen molar-refractivity contribution in [3.05, 3.63) is 84.9 Å². The van der Waals surface area contributed by atoms with Gasteiger partial charge in [0.15, 0.2) is 6.61 Å². The second kappa shape index (κ2) is 12.4. The first-order chi connectivity index (χ1) is 20.5. The van der Waals surface area contributed by atoms with Crippen molar-refractivity contribution in [2.24, 2.45) is 0 Å². The molecule has 0 radical (unpaired) electrons. The van der Waals surface area contributed by atoms with Crippen molar-refractivity contribution in [1.82, 2.24) is 0 Å². The van der Waals surface area contributed by atoms with E-state index in [4.69, 9.17) is 9.47 Å². The third-order valence-corrected chi connectivity index (χ3v) is 11.2. The molecule has 0 heterocycles. The lowest BCUT2D eigenvalue weighted by Crippen LogP contribution is -2.63. The molecule has 3 aromatic rings. The Bertz CT molecular complexity index is 1540. The highest BCUT2D eigenvalue weighted by molar-refractivity contribution is 8.32. The SMILES string of the molecule is CC(C)(C)OC(=O)COc1ccc(S([OH+]S(=O)(=O)C(F)(F)C(F)(F)C(F)(F)C(F)(F)F)(c2ccccc2)c2ccccc2)cc1. The number of carbonyl (C=O) groups excluding carboxylic acids is 1. The van der Waals surface area contributed by atoms with Gasteiger partial charge in [0.1, 0.15) is 11.4 Å². The van der Waals surface area contributed by atoms with E-state index in [0.717, 1.165) is 24.3 Å². The molecule has 0 amide bonds. The fourth-order valence-electron chi connectivity index (χ4n) is 3.74. The molecule has 0 aliphatic rings. The smallest absolute Gasteiger partial charge is 0.482 e. The van der Waals surface area contributed by atoms with E-state index in [2.05, 4.69) is 3.63 Å². The molecule has 0 saturated heterocycles. The standard InChI is InChI=1S/C28H25F9O6S2/c1-24(2,3)42-23(38)18-41-19-14-16-22(17-15-19)44(20-10-6-4-7-11-20,21-12-8-5-9-13-21)43-45(39,40)28(36,37)26(31,32)25(29,30)27(33,34)35/h4-17H,18H2,1-3H3/p+1. The summed E-state index contributed by atoms with van der Waals surface area (Å²) < 4.78 is 164. The van der Waals surface area contributed by atoms with E-state index in [9.17, 15) is 52.7 Å². The Balaban J connectivity index is 2.21. The molecule has 0 spiro atoms. The summed E-state index contributed by atoms with van der Waals surface area (Å²) in [4.78, 5) is 11.4. The molecule has 0 bridgehead atoms. The van der Waals surface area contributed by atoms with Gasteiger partial charge in [0.05, 0.1) is 25.0 Å². The molecule has 3 aromatic carbocycles. The van der Waals surface area contributed by atoms with Crippen LogP contribution in [-0.2, 0) is 19.6 Å². The van der Waals surface area contributed by atoms with Crippen molar-refractivity contribution < 1.29 is 65.8 Å². The summed E-state index contributed by atoms with van der Waals surface area (Å²) in [6.45, 7) is 4.24. The number of hydrogen-bond acceptors (Lipinski definition) is 5. The average Bonchev–Trinajstić information content (AvgIpc) is 2.94. The molecule has 0 fully saturated rings. The summed E-state index contributed by atoms with van der Waals surface area (Å²) in [5.74, 6) is -15.7. The first-order valence-electron chi connectivity index (χ1n) is 12.6. The zero-order chi connectivity index (χ0) is 34.1. The third kappa shape index (κ3) is 7.04. The minimum atomic E-state index is -7.47. The number of ether oxygens (including phenoxy) is 2. The Labute approximate surface area is 253 Å². The van der Waals surface area contributed by atoms with Gasteiger partial charge in [0.2, 0.25) is 0 Å². The molecule has 45 heavy (non-hydrogen) atoms. The van der Waals surface area contributed by atoms with Crippen LogP contribution in [0.3, 0.4) is 0 Å². The fraction of sp³-hybridized carbons (Fsp3) is 0.321. The summed E-state index contributed by atoms with van der Waals surface area (Å²) in [6.07, 6.45) is -7.24. The maximum absolute atomic E-state index is 15.0. The Morgan fingerprint density at radius 1 is 0.667 bits per heavy atom. The van der Waals surface area contributed by atoms with Gasteiger partial charge < -0.3 is 9.47 Å². The topological polar surface area (TPSA) is 82.5 Å². The number of alkyl halides is 9. The second-order valence-electron chi connectivity index (χ2n) is 10.3. The highest BCUT2D eigenvalue weighted by atomic mass is 32.3. The van der Waals surface area contributed by atoms with Crippen LogP contribution in [0.2, 0.25) is 0 Å². The quantitative estimate of drug-likeness (QED) is 0.0872. The van der Waals surface area contributed by atoms with Crippen molar-refractivity contribution >= 4 is 26.4 Å². The lowest BCUT2D eigenvalue weighted by atomic mass is 10.1. The lowest BCUT2D eigenvalue weighted by Gasteiger charge is -2.37. The van der Waals surface area contributed by atoms with E-state index in [0.29, 0.717) is 0 Å². The normalized spacial score (nSPS) is 14.1. The van der Waals surface area contributed by atoms with E-state index < -0.39 is 61.9 Å². The van der Waals surface area contributed by atoms with Crippen LogP contribution in [0.5, 0.6) is 5.75 Å². The van der Waals surface area contributed by atoms with Crippen LogP contribution in [0, 0.1) is 0 Å². The zero-order valence-corrected chi connectivity index (χ0v) is 25.1. The van der Waals surface area contributed by atoms with E-state index in [1.54, 1.807) is 20.8 Å². The Kier molecular flexibility index (Phi) is 9.93. The Hall–Kier alpha value is -3.44. The molecule has 0 saturated carbocycles. The zero-order valence-electron chi connectivity index (χ0n) is 23.5. The maximum Gasteiger partial charge on any atom is 0.486 e. The van der Waals surface area contributed by atoms with E-state index >= 15 is 0 Å². The van der Waals surface area contributed by atoms with Gasteiger partial charge in [-0.25, -0.2) is 4.79 Å². The monoisotopic (exact) mass is 693 g/mol. The summed E-state index contributed by atoms with van der Waals surface area (Å²) >= 11 is 0. The summed E-state index contributed by atoms with van der Waals surface area (Å²) in [7, 11) is -11.2. The van der Waals surface area contributed by atoms with Gasteiger partial charge in [-0.2, -0.15) is 39.5 Å². The molecule has 0 atom stereocenters. The number of esters is 1. The summed E-state index contributed by atoms with van der Waals surface area (Å²) in [5, 5.41) is -7.04. The summed E-state index contributed by atoms with van der Waals surface area (Å²) in [5.41, 5.74) is -0.839. The molecule has 3 rings (SSSR count). The molecule has 17 heteroatoms. The minimum absolute atomic E-state index is 0.0245. The second-order valence-corrected chi connectivity index (χ2v) is 14.9. The molecule has 1 N–H and O–H groups in total. The van der Waals surface area contributed by atoms with Crippen LogP contribution in [-0.4, -0.2) is 53.5 Å². The number of halogens is 9. The average molecular weight is 694 g/mol. The van der Waals surface area contributed by atoms with Gasteiger partial charge >= 0.3 is 39.4 Å². The van der Waals surface area contributed by atoms with Crippen LogP contribution < -0.4 is 4.74 Å². The van der Waals surface area contributed by atoms with Crippen molar-refractivity contribution in [3.63, 3.8) is 0 Å². The predicted octanol–water partition coefficient (Wildman–Crippen LogP) is 8.45. The first kappa shape index (κ1) is 36.0. The van der Waals surface area contributed by atoms with Gasteiger partial charge in [-0.3, -0.25) is 3.63 Å². The van der Waals surface area contributed by atoms with Gasteiger partial charge in [0, 0.05) is 0 Å². The molecule has 0 aromatic heterocycles. The first-order valence-corrected chi connectivity index (χ1v) is 15.6. The molecular weight excluding hydrogens is 667 g/mol. The molecular formula is C28H26F9O6S2+. The molecule has 6 nitrogen and oxygen atoms in total. The number of carbonyl (C=O) groups is 1. The number of hydrogen-bond donors (Lipinski definition) is 0. The van der Waals surface area contributed by atoms with E-state index in [-0.39, 0.29) is 20.4 Å². The van der Waals surface area contributed by atoms with Crippen molar-refractivity contribution in [3.8, 4) is 5.75 Å². The summed E-state index contributed by atoms with van der Waals surface area (Å²) in [6, 6.07) is 17.3. The van der Waals surface area contributed by atoms with Crippen LogP contribution in [0.15, 0.2) is 99.6 Å². The Morgan fingerprint density at radius 2 is 1.09 bits per heavy atom. The lowest BCUT2D eigenvalue weighted by molar-refractivity contribution is -0.382. The number of benzene rings is 3. The largest absolute Gasteiger partial charge is 0.486 e. The molecule has 0 unspecified atom stereocenters. The Morgan fingerprint density at radius 3 is 1.49 bits per heavy atom. The third-order valence-electron chi connectivity index (χ3n) is 5.76. The maximum atomic E-state index is 15.0. The van der Waals surface area contributed by atoms with Crippen molar-refractivity contribution in [1.29, 1.82) is 0 Å². The highest BCUT2D eigenvalue weighted by Gasteiger charge is 2.88. The predicted molar refractivity (Wildman–Crippen MR) is 145 cm³/mol. The van der Waals surface area contributed by atoms with E-state index in [1.807, 2.05) is 0 Å². The molecule has 248 valence electrons. The number of rotatable bonds is 11. The fourth-order valence-corrected chi connectivity index (χ4v) is 9.22. The molecule has 0 aliphatic carbocycles. The van der Waals surface area contributed by atoms with Gasteiger partial charge in [0.25, 0.3) is 0 Å². The molecule has 0 aliphatic heterocycles.